The predicted octanol–water partition coefficient (Wildman–Crippen LogP) is 1.94. The number of aromatic amines is 1. The van der Waals surface area contributed by atoms with Gasteiger partial charge in [0.25, 0.3) is 5.56 Å². The fraction of sp³-hybridized carbons (Fsp3) is 0.214. The number of ether oxygens (including phenoxy) is 1. The van der Waals surface area contributed by atoms with Gasteiger partial charge in [0.05, 0.1) is 6.42 Å². The Labute approximate surface area is 125 Å². The number of nitrogens with one attached hydrogen (secondary N) is 1. The number of rotatable bonds is 5. The minimum absolute atomic E-state index is 0.0593. The summed E-state index contributed by atoms with van der Waals surface area (Å²) in [6, 6.07) is 6.84. The Balaban J connectivity index is 2.15. The molecule has 0 saturated heterocycles. The Morgan fingerprint density at radius 1 is 1.48 bits per heavy atom. The summed E-state index contributed by atoms with van der Waals surface area (Å²) in [4.78, 5) is 29.2. The molecule has 0 saturated carbocycles. The van der Waals surface area contributed by atoms with Gasteiger partial charge in [0.15, 0.2) is 0 Å². The Morgan fingerprint density at radius 2 is 2.24 bits per heavy atom. The average Bonchev–Trinajstić information content (AvgIpc) is 2.40. The molecule has 0 radical (unpaired) electrons. The topological polar surface area (TPSA) is 92.3 Å². The van der Waals surface area contributed by atoms with Gasteiger partial charge in [-0.15, -0.1) is 0 Å². The summed E-state index contributed by atoms with van der Waals surface area (Å²) < 4.78 is 5.47. The smallest absolute Gasteiger partial charge is 0.308 e. The number of carbonyl (C=O) groups is 1. The second kappa shape index (κ2) is 6.41. The van der Waals surface area contributed by atoms with Crippen LogP contribution >= 0.6 is 11.6 Å². The lowest BCUT2D eigenvalue weighted by atomic mass is 10.2. The number of H-pyrrole nitrogens is 1. The number of carboxylic acids is 1. The van der Waals surface area contributed by atoms with Crippen LogP contribution in [0.15, 0.2) is 29.1 Å². The Bertz CT molecular complexity index is 727. The van der Waals surface area contributed by atoms with E-state index in [2.05, 4.69) is 9.97 Å². The molecule has 0 bridgehead atoms. The van der Waals surface area contributed by atoms with Crippen LogP contribution in [-0.2, 0) is 17.8 Å². The summed E-state index contributed by atoms with van der Waals surface area (Å²) in [6.07, 6.45) is -0.358. The van der Waals surface area contributed by atoms with Crippen LogP contribution in [0, 0.1) is 6.92 Å². The standard InChI is InChI=1S/C14H13ClN2O4/c1-8-11(6-13(18)19)14(20)17-12(16-8)7-21-10-4-2-3-9(15)5-10/h2-5H,6-7H2,1H3,(H,18,19)(H,16,17,20). The lowest BCUT2D eigenvalue weighted by Gasteiger charge is -2.08. The van der Waals surface area contributed by atoms with Crippen LogP contribution in [0.1, 0.15) is 17.1 Å². The highest BCUT2D eigenvalue weighted by atomic mass is 35.5. The van der Waals surface area contributed by atoms with Gasteiger partial charge < -0.3 is 14.8 Å². The van der Waals surface area contributed by atoms with Crippen LogP contribution in [0.3, 0.4) is 0 Å². The molecular formula is C14H13ClN2O4. The molecule has 2 aromatic rings. The van der Waals surface area contributed by atoms with E-state index in [0.29, 0.717) is 22.3 Å². The van der Waals surface area contributed by atoms with E-state index in [9.17, 15) is 9.59 Å². The second-order valence-electron chi connectivity index (χ2n) is 4.39. The summed E-state index contributed by atoms with van der Waals surface area (Å²) in [7, 11) is 0. The number of hydrogen-bond acceptors (Lipinski definition) is 4. The lowest BCUT2D eigenvalue weighted by Crippen LogP contribution is -2.22. The summed E-state index contributed by atoms with van der Waals surface area (Å²) in [5.74, 6) is -0.197. The molecular weight excluding hydrogens is 296 g/mol. The maximum absolute atomic E-state index is 11.8. The number of halogens is 1. The van der Waals surface area contributed by atoms with Crippen molar-refractivity contribution in [2.75, 3.05) is 0 Å². The molecule has 2 rings (SSSR count). The van der Waals surface area contributed by atoms with E-state index in [4.69, 9.17) is 21.4 Å². The molecule has 0 aliphatic heterocycles. The van der Waals surface area contributed by atoms with Crippen LogP contribution < -0.4 is 10.3 Å². The van der Waals surface area contributed by atoms with Crippen molar-refractivity contribution in [1.82, 2.24) is 9.97 Å². The quantitative estimate of drug-likeness (QED) is 0.880. The third-order valence-corrected chi connectivity index (χ3v) is 3.01. The van der Waals surface area contributed by atoms with Crippen molar-refractivity contribution in [3.8, 4) is 5.75 Å². The Hall–Kier alpha value is -2.34. The van der Waals surface area contributed by atoms with Gasteiger partial charge in [-0.05, 0) is 25.1 Å². The predicted molar refractivity (Wildman–Crippen MR) is 76.7 cm³/mol. The average molecular weight is 309 g/mol. The van der Waals surface area contributed by atoms with Crippen LogP contribution in [0.2, 0.25) is 5.02 Å². The maximum atomic E-state index is 11.8. The van der Waals surface area contributed by atoms with Gasteiger partial charge in [-0.2, -0.15) is 0 Å². The molecule has 0 amide bonds. The highest BCUT2D eigenvalue weighted by Gasteiger charge is 2.12. The van der Waals surface area contributed by atoms with Crippen molar-refractivity contribution < 1.29 is 14.6 Å². The SMILES string of the molecule is Cc1nc(COc2cccc(Cl)c2)[nH]c(=O)c1CC(=O)O. The molecule has 1 aromatic heterocycles. The molecule has 0 aliphatic rings. The van der Waals surface area contributed by atoms with E-state index in [1.807, 2.05) is 0 Å². The van der Waals surface area contributed by atoms with Gasteiger partial charge in [0.2, 0.25) is 0 Å². The van der Waals surface area contributed by atoms with Crippen LogP contribution in [0.25, 0.3) is 0 Å². The number of hydrogen-bond donors (Lipinski definition) is 2. The number of aromatic nitrogens is 2. The van der Waals surface area contributed by atoms with E-state index in [1.54, 1.807) is 31.2 Å². The third kappa shape index (κ3) is 4.06. The van der Waals surface area contributed by atoms with E-state index in [0.717, 1.165) is 0 Å². The molecule has 0 unspecified atom stereocenters. The lowest BCUT2D eigenvalue weighted by molar-refractivity contribution is -0.136. The summed E-state index contributed by atoms with van der Waals surface area (Å²) >= 11 is 5.84. The maximum Gasteiger partial charge on any atom is 0.308 e. The van der Waals surface area contributed by atoms with Crippen LogP contribution in [0.5, 0.6) is 5.75 Å². The molecule has 1 heterocycles. The molecule has 21 heavy (non-hydrogen) atoms. The van der Waals surface area contributed by atoms with Gasteiger partial charge >= 0.3 is 5.97 Å². The van der Waals surface area contributed by atoms with Gasteiger partial charge in [0, 0.05) is 16.3 Å². The number of nitrogens with zero attached hydrogens (tertiary/aromatic N) is 1. The molecule has 1 aromatic carbocycles. The highest BCUT2D eigenvalue weighted by Crippen LogP contribution is 2.17. The first-order valence-electron chi connectivity index (χ1n) is 6.14. The van der Waals surface area contributed by atoms with Crippen molar-refractivity contribution in [2.24, 2.45) is 0 Å². The molecule has 0 atom stereocenters. The Morgan fingerprint density at radius 3 is 2.86 bits per heavy atom. The fourth-order valence-electron chi connectivity index (χ4n) is 1.80. The van der Waals surface area contributed by atoms with E-state index >= 15 is 0 Å². The zero-order chi connectivity index (χ0) is 15.4. The first kappa shape index (κ1) is 15.1. The molecule has 2 N–H and O–H groups in total. The number of aryl methyl sites for hydroxylation is 1. The molecule has 6 nitrogen and oxygen atoms in total. The normalized spacial score (nSPS) is 10.4. The van der Waals surface area contributed by atoms with Gasteiger partial charge in [-0.25, -0.2) is 4.98 Å². The molecule has 0 spiro atoms. The van der Waals surface area contributed by atoms with Crippen molar-refractivity contribution in [2.45, 2.75) is 20.0 Å². The van der Waals surface area contributed by atoms with Crippen LogP contribution in [-0.4, -0.2) is 21.0 Å². The third-order valence-electron chi connectivity index (χ3n) is 2.77. The first-order valence-corrected chi connectivity index (χ1v) is 6.52. The summed E-state index contributed by atoms with van der Waals surface area (Å²) in [6.45, 7) is 1.65. The highest BCUT2D eigenvalue weighted by molar-refractivity contribution is 6.30. The largest absolute Gasteiger partial charge is 0.486 e. The van der Waals surface area contributed by atoms with Crippen molar-refractivity contribution >= 4 is 17.6 Å². The summed E-state index contributed by atoms with van der Waals surface area (Å²) in [5.41, 5.74) is 0.0643. The fourth-order valence-corrected chi connectivity index (χ4v) is 1.99. The van der Waals surface area contributed by atoms with E-state index < -0.39 is 11.5 Å². The number of benzene rings is 1. The van der Waals surface area contributed by atoms with Gasteiger partial charge in [-0.3, -0.25) is 9.59 Å². The zero-order valence-electron chi connectivity index (χ0n) is 11.2. The Kier molecular flexibility index (Phi) is 4.59. The van der Waals surface area contributed by atoms with Crippen LogP contribution in [0.4, 0.5) is 0 Å². The van der Waals surface area contributed by atoms with Crippen molar-refractivity contribution in [1.29, 1.82) is 0 Å². The first-order chi connectivity index (χ1) is 9.95. The molecule has 110 valence electrons. The molecule has 0 aliphatic carbocycles. The van der Waals surface area contributed by atoms with Crippen molar-refractivity contribution in [3.63, 3.8) is 0 Å². The monoisotopic (exact) mass is 308 g/mol. The number of carboxylic acid groups (broad SMARTS) is 1. The second-order valence-corrected chi connectivity index (χ2v) is 4.83. The zero-order valence-corrected chi connectivity index (χ0v) is 12.0. The number of aliphatic carboxylic acids is 1. The minimum Gasteiger partial charge on any atom is -0.486 e. The summed E-state index contributed by atoms with van der Waals surface area (Å²) in [5, 5.41) is 9.29. The van der Waals surface area contributed by atoms with Gasteiger partial charge in [0.1, 0.15) is 18.2 Å². The minimum atomic E-state index is -1.08. The molecule has 7 heteroatoms. The van der Waals surface area contributed by atoms with Gasteiger partial charge in [-0.1, -0.05) is 17.7 Å². The van der Waals surface area contributed by atoms with E-state index in [1.165, 1.54) is 0 Å². The van der Waals surface area contributed by atoms with Crippen molar-refractivity contribution in [3.05, 3.63) is 56.7 Å². The molecule has 0 fully saturated rings. The van der Waals surface area contributed by atoms with E-state index in [-0.39, 0.29) is 18.6 Å².